The quantitative estimate of drug-likeness (QED) is 0.0270. The third kappa shape index (κ3) is 11.5. The zero-order valence-corrected chi connectivity index (χ0v) is 36.4. The topological polar surface area (TPSA) is 131 Å². The number of anilines is 3. The zero-order chi connectivity index (χ0) is 43.1. The number of hydrogen-bond donors (Lipinski definition) is 4. The summed E-state index contributed by atoms with van der Waals surface area (Å²) < 4.78 is 12.4. The van der Waals surface area contributed by atoms with Gasteiger partial charge < -0.3 is 30.7 Å². The van der Waals surface area contributed by atoms with Crippen LogP contribution in [0.4, 0.5) is 17.1 Å². The first-order valence-corrected chi connectivity index (χ1v) is 22.8. The molecule has 5 aromatic rings. The normalized spacial score (nSPS) is 12.0. The average molecular weight is 825 g/mol. The Balaban J connectivity index is 1.30. The number of ether oxygens (including phenoxy) is 2. The number of nitrogens with two attached hydrogens (primary N) is 1. The van der Waals surface area contributed by atoms with Gasteiger partial charge in [0.25, 0.3) is 0 Å². The highest BCUT2D eigenvalue weighted by molar-refractivity contribution is 6.34. The van der Waals surface area contributed by atoms with Crippen LogP contribution in [0.1, 0.15) is 166 Å². The van der Waals surface area contributed by atoms with Gasteiger partial charge in [-0.05, 0) is 91.6 Å². The van der Waals surface area contributed by atoms with Gasteiger partial charge in [-0.1, -0.05) is 134 Å². The molecule has 0 aromatic heterocycles. The minimum Gasteiger partial charge on any atom is -0.504 e. The Bertz CT molecular complexity index is 2230. The van der Waals surface area contributed by atoms with Crippen LogP contribution in [0.5, 0.6) is 34.5 Å². The van der Waals surface area contributed by atoms with Gasteiger partial charge in [-0.3, -0.25) is 9.59 Å². The molecular formula is C53H64N2O6. The molecule has 61 heavy (non-hydrogen) atoms. The van der Waals surface area contributed by atoms with E-state index in [9.17, 15) is 19.8 Å². The summed E-state index contributed by atoms with van der Waals surface area (Å²) >= 11 is 0. The number of nitrogens with one attached hydrogen (secondary N) is 1. The molecule has 0 radical (unpaired) electrons. The van der Waals surface area contributed by atoms with E-state index >= 15 is 0 Å². The molecular weight excluding hydrogens is 761 g/mol. The first kappa shape index (κ1) is 44.8. The molecule has 5 N–H and O–H groups in total. The number of carbonyl (C=O) groups is 2. The molecule has 6 rings (SSSR count). The van der Waals surface area contributed by atoms with Gasteiger partial charge >= 0.3 is 0 Å². The molecule has 0 aliphatic heterocycles. The van der Waals surface area contributed by atoms with E-state index in [4.69, 9.17) is 15.2 Å². The summed E-state index contributed by atoms with van der Waals surface area (Å²) in [5.74, 6) is -1.54. The highest BCUT2D eigenvalue weighted by Crippen LogP contribution is 2.50. The lowest BCUT2D eigenvalue weighted by Gasteiger charge is -2.25. The smallest absolute Gasteiger partial charge is 0.200 e. The summed E-state index contributed by atoms with van der Waals surface area (Å²) in [6.07, 6.45) is 20.8. The minimum atomic E-state index is -0.713. The Labute approximate surface area is 362 Å². The predicted molar refractivity (Wildman–Crippen MR) is 248 cm³/mol. The lowest BCUT2D eigenvalue weighted by Crippen LogP contribution is -2.24. The summed E-state index contributed by atoms with van der Waals surface area (Å²) in [5, 5.41) is 26.8. The van der Waals surface area contributed by atoms with Crippen LogP contribution in [0.2, 0.25) is 0 Å². The molecule has 0 bridgehead atoms. The van der Waals surface area contributed by atoms with Gasteiger partial charge in [-0.2, -0.15) is 0 Å². The van der Waals surface area contributed by atoms with Crippen molar-refractivity contribution in [2.24, 2.45) is 0 Å². The van der Waals surface area contributed by atoms with E-state index in [1.54, 1.807) is 0 Å². The van der Waals surface area contributed by atoms with Gasteiger partial charge in [-0.15, -0.1) is 0 Å². The third-order valence-corrected chi connectivity index (χ3v) is 11.7. The zero-order valence-electron chi connectivity index (χ0n) is 36.4. The Morgan fingerprint density at radius 2 is 0.852 bits per heavy atom. The second-order valence-corrected chi connectivity index (χ2v) is 16.5. The van der Waals surface area contributed by atoms with Crippen LogP contribution < -0.4 is 20.5 Å². The van der Waals surface area contributed by atoms with Crippen LogP contribution in [0, 0.1) is 0 Å². The molecule has 1 aliphatic rings. The molecule has 8 nitrogen and oxygen atoms in total. The number of ketones is 2. The minimum absolute atomic E-state index is 0.00554. The number of aromatic hydroxyl groups is 2. The number of fused-ring (bicyclic) bond motifs is 2. The summed E-state index contributed by atoms with van der Waals surface area (Å²) in [6, 6.07) is 26.2. The van der Waals surface area contributed by atoms with Crippen molar-refractivity contribution in [3.63, 3.8) is 0 Å². The third-order valence-electron chi connectivity index (χ3n) is 11.7. The van der Waals surface area contributed by atoms with Crippen molar-refractivity contribution >= 4 is 28.6 Å². The number of phenolic OH excluding ortho intramolecular Hbond substituents is 2. The fraction of sp³-hybridized carbons (Fsp3) is 0.396. The van der Waals surface area contributed by atoms with Gasteiger partial charge in [0.2, 0.25) is 11.6 Å². The van der Waals surface area contributed by atoms with E-state index in [1.165, 1.54) is 106 Å². The lowest BCUT2D eigenvalue weighted by atomic mass is 9.81. The number of carbonyl (C=O) groups excluding carboxylic acids is 2. The maximum Gasteiger partial charge on any atom is 0.200 e. The Hall–Kier alpha value is -5.76. The summed E-state index contributed by atoms with van der Waals surface area (Å²) in [5.41, 5.74) is 10.1. The molecule has 8 heteroatoms. The first-order chi connectivity index (χ1) is 29.7. The number of unbranched alkanes of at least 4 members (excludes halogenated alkanes) is 12. The summed E-state index contributed by atoms with van der Waals surface area (Å²) in [7, 11) is 0. The Kier molecular flexibility index (Phi) is 16.3. The van der Waals surface area contributed by atoms with Gasteiger partial charge in [0.05, 0.1) is 27.9 Å². The maximum absolute atomic E-state index is 14.7. The molecule has 0 heterocycles. The number of hydrogen-bond acceptors (Lipinski definition) is 8. The average Bonchev–Trinajstić information content (AvgIpc) is 3.26. The van der Waals surface area contributed by atoms with Crippen LogP contribution in [0.15, 0.2) is 84.9 Å². The van der Waals surface area contributed by atoms with Gasteiger partial charge in [-0.25, -0.2) is 0 Å². The van der Waals surface area contributed by atoms with Gasteiger partial charge in [0, 0.05) is 23.5 Å². The summed E-state index contributed by atoms with van der Waals surface area (Å²) in [6.45, 7) is 6.63. The molecule has 0 amide bonds. The fourth-order valence-electron chi connectivity index (χ4n) is 8.15. The first-order valence-electron chi connectivity index (χ1n) is 22.8. The standard InChI is InChI=1S/C53H64N2O6/c1-4-7-10-13-16-19-36-22-28-39(29-23-36)55-43-35-45(61-41-32-26-38(27-33-41)21-18-15-12-9-6-3)51(57)49-47(43)53(59)48-46(52(49)58)42(54)34-44(50(48)56)60-40-30-24-37(25-31-40)20-17-14-11-8-5-2/h22-35,55-57H,4-21,54H2,1-3H3. The molecule has 0 unspecified atom stereocenters. The number of rotatable bonds is 24. The highest BCUT2D eigenvalue weighted by atomic mass is 16.5. The Morgan fingerprint density at radius 3 is 1.30 bits per heavy atom. The van der Waals surface area contributed by atoms with E-state index in [1.807, 2.05) is 60.7 Å². The van der Waals surface area contributed by atoms with E-state index < -0.39 is 23.1 Å². The van der Waals surface area contributed by atoms with E-state index in [0.717, 1.165) is 38.5 Å². The van der Waals surface area contributed by atoms with Crippen LogP contribution >= 0.6 is 0 Å². The molecule has 0 saturated heterocycles. The molecule has 0 fully saturated rings. The van der Waals surface area contributed by atoms with E-state index in [2.05, 4.69) is 38.2 Å². The highest BCUT2D eigenvalue weighted by Gasteiger charge is 2.40. The lowest BCUT2D eigenvalue weighted by molar-refractivity contribution is 0.0974. The van der Waals surface area contributed by atoms with E-state index in [0.29, 0.717) is 17.2 Å². The second kappa shape index (κ2) is 22.2. The fourth-order valence-corrected chi connectivity index (χ4v) is 8.15. The molecule has 322 valence electrons. The molecule has 1 aliphatic carbocycles. The van der Waals surface area contributed by atoms with Crippen LogP contribution in [0.3, 0.4) is 0 Å². The van der Waals surface area contributed by atoms with Gasteiger partial charge in [0.1, 0.15) is 11.5 Å². The number of aryl methyl sites for hydroxylation is 3. The predicted octanol–water partition coefficient (Wildman–Crippen LogP) is 14.3. The molecule has 0 saturated carbocycles. The molecule has 5 aromatic carbocycles. The monoisotopic (exact) mass is 824 g/mol. The van der Waals surface area contributed by atoms with Crippen molar-refractivity contribution in [3.05, 3.63) is 124 Å². The second-order valence-electron chi connectivity index (χ2n) is 16.5. The van der Waals surface area contributed by atoms with Crippen molar-refractivity contribution in [1.29, 1.82) is 0 Å². The van der Waals surface area contributed by atoms with Crippen LogP contribution in [-0.4, -0.2) is 21.8 Å². The van der Waals surface area contributed by atoms with Gasteiger partial charge in [0.15, 0.2) is 23.0 Å². The van der Waals surface area contributed by atoms with Crippen molar-refractivity contribution in [2.75, 3.05) is 11.1 Å². The van der Waals surface area contributed by atoms with Crippen molar-refractivity contribution < 1.29 is 29.3 Å². The molecule has 0 spiro atoms. The molecule has 0 atom stereocenters. The van der Waals surface area contributed by atoms with Crippen LogP contribution in [0.25, 0.3) is 0 Å². The van der Waals surface area contributed by atoms with Crippen molar-refractivity contribution in [3.8, 4) is 34.5 Å². The number of nitrogen functional groups attached to an aromatic ring is 1. The van der Waals surface area contributed by atoms with E-state index in [-0.39, 0.29) is 45.1 Å². The van der Waals surface area contributed by atoms with Crippen molar-refractivity contribution in [2.45, 2.75) is 136 Å². The SMILES string of the molecule is CCCCCCCc1ccc(Nc2cc(Oc3ccc(CCCCCCC)cc3)c(O)c3c2C(=O)c2c(O)c(Oc4ccc(CCCCCCC)cc4)cc(N)c2C3=O)cc1. The van der Waals surface area contributed by atoms with Crippen molar-refractivity contribution in [1.82, 2.24) is 0 Å². The summed E-state index contributed by atoms with van der Waals surface area (Å²) in [4.78, 5) is 29.2. The Morgan fingerprint density at radius 1 is 0.475 bits per heavy atom. The number of phenols is 2. The maximum atomic E-state index is 14.7. The largest absolute Gasteiger partial charge is 0.504 e. The van der Waals surface area contributed by atoms with Crippen LogP contribution in [-0.2, 0) is 19.3 Å². The number of benzene rings is 5.